The van der Waals surface area contributed by atoms with Gasteiger partial charge >= 0.3 is 11.9 Å². The summed E-state index contributed by atoms with van der Waals surface area (Å²) < 4.78 is 0. The summed E-state index contributed by atoms with van der Waals surface area (Å²) in [6, 6.07) is 0. The third kappa shape index (κ3) is 9.48. The molecule has 2 rings (SSSR count). The lowest BCUT2D eigenvalue weighted by Gasteiger charge is -2.34. The fourth-order valence-electron chi connectivity index (χ4n) is 6.25. The Hall–Kier alpha value is -1.72. The highest BCUT2D eigenvalue weighted by Gasteiger charge is 2.51. The quantitative estimate of drug-likeness (QED) is 0.0857. The second kappa shape index (κ2) is 16.4. The number of hydrogen-bond acceptors (Lipinski definition) is 6. The number of carbonyl (C=O) groups excluding carboxylic acids is 4. The fraction of sp³-hybridized carbons (Fsp3) is 0.875. The van der Waals surface area contributed by atoms with Crippen LogP contribution in [-0.4, -0.2) is 23.5 Å². The van der Waals surface area contributed by atoms with Crippen molar-refractivity contribution in [1.82, 2.24) is 0 Å². The van der Waals surface area contributed by atoms with Crippen molar-refractivity contribution in [3.05, 3.63) is 0 Å². The van der Waals surface area contributed by atoms with Crippen molar-refractivity contribution in [3.63, 3.8) is 0 Å². The Morgan fingerprint density at radius 3 is 1.18 bits per heavy atom. The minimum Gasteiger partial charge on any atom is -0.298 e. The summed E-state index contributed by atoms with van der Waals surface area (Å²) in [6.45, 7) is 8.77. The molecule has 6 nitrogen and oxygen atoms in total. The average molecular weight is 535 g/mol. The molecule has 0 atom stereocenters. The molecule has 2 aliphatic carbocycles. The maximum Gasteiger partial charge on any atom is 0.369 e. The minimum absolute atomic E-state index is 0.0901. The first kappa shape index (κ1) is 32.5. The highest BCUT2D eigenvalue weighted by Crippen LogP contribution is 2.42. The van der Waals surface area contributed by atoms with E-state index < -0.39 is 22.8 Å². The van der Waals surface area contributed by atoms with Gasteiger partial charge in [-0.25, -0.2) is 19.4 Å². The van der Waals surface area contributed by atoms with E-state index >= 15 is 0 Å². The van der Waals surface area contributed by atoms with Crippen LogP contribution in [0.2, 0.25) is 0 Å². The Morgan fingerprint density at radius 1 is 0.526 bits per heavy atom. The molecule has 2 aliphatic rings. The van der Waals surface area contributed by atoms with E-state index in [-0.39, 0.29) is 11.6 Å². The summed E-state index contributed by atoms with van der Waals surface area (Å²) >= 11 is 0. The van der Waals surface area contributed by atoms with Crippen LogP contribution >= 0.6 is 0 Å². The van der Waals surface area contributed by atoms with Gasteiger partial charge < -0.3 is 0 Å². The molecule has 0 aromatic carbocycles. The molecule has 218 valence electrons. The summed E-state index contributed by atoms with van der Waals surface area (Å²) in [5, 5.41) is 0. The van der Waals surface area contributed by atoms with E-state index in [4.69, 9.17) is 9.78 Å². The van der Waals surface area contributed by atoms with Crippen molar-refractivity contribution in [3.8, 4) is 0 Å². The maximum atomic E-state index is 13.3. The second-order valence-corrected chi connectivity index (χ2v) is 12.9. The first-order chi connectivity index (χ1) is 18.1. The van der Waals surface area contributed by atoms with Crippen molar-refractivity contribution < 1.29 is 29.0 Å². The van der Waals surface area contributed by atoms with E-state index in [1.807, 2.05) is 0 Å². The molecule has 2 fully saturated rings. The average Bonchev–Trinajstić information content (AvgIpc) is 2.91. The van der Waals surface area contributed by atoms with Gasteiger partial charge in [0.25, 0.3) is 0 Å². The molecule has 0 radical (unpaired) electrons. The molecule has 0 aliphatic heterocycles. The van der Waals surface area contributed by atoms with Gasteiger partial charge in [-0.3, -0.25) is 9.59 Å². The molecule has 0 amide bonds. The van der Waals surface area contributed by atoms with Gasteiger partial charge in [0.1, 0.15) is 22.4 Å². The maximum absolute atomic E-state index is 13.3. The van der Waals surface area contributed by atoms with Crippen LogP contribution in [0.15, 0.2) is 0 Å². The number of Topliss-reactive ketones (excluding diaryl/α,β-unsaturated/α-hetero) is 2. The molecule has 0 saturated heterocycles. The summed E-state index contributed by atoms with van der Waals surface area (Å²) in [7, 11) is 0. The zero-order valence-corrected chi connectivity index (χ0v) is 24.7. The predicted octanol–water partition coefficient (Wildman–Crippen LogP) is 8.24. The Kier molecular flexibility index (Phi) is 14.0. The van der Waals surface area contributed by atoms with Crippen LogP contribution in [-0.2, 0) is 29.0 Å². The Labute approximate surface area is 231 Å². The number of rotatable bonds is 16. The van der Waals surface area contributed by atoms with Gasteiger partial charge in [0.15, 0.2) is 0 Å². The van der Waals surface area contributed by atoms with E-state index in [1.165, 1.54) is 0 Å². The normalized spacial score (nSPS) is 18.8. The summed E-state index contributed by atoms with van der Waals surface area (Å²) in [4.78, 5) is 63.5. The van der Waals surface area contributed by atoms with E-state index in [0.717, 1.165) is 89.9 Å². The van der Waals surface area contributed by atoms with Crippen molar-refractivity contribution in [2.24, 2.45) is 22.7 Å². The minimum atomic E-state index is -1.23. The summed E-state index contributed by atoms with van der Waals surface area (Å²) in [5.74, 6) is -0.386. The van der Waals surface area contributed by atoms with E-state index in [9.17, 15) is 19.2 Å². The molecule has 2 saturated carbocycles. The van der Waals surface area contributed by atoms with E-state index in [1.54, 1.807) is 0 Å². The first-order valence-corrected chi connectivity index (χ1v) is 15.6. The topological polar surface area (TPSA) is 86.7 Å². The van der Waals surface area contributed by atoms with Crippen LogP contribution in [0, 0.1) is 22.7 Å². The van der Waals surface area contributed by atoms with Crippen LogP contribution in [0.3, 0.4) is 0 Å². The lowest BCUT2D eigenvalue weighted by Crippen LogP contribution is -2.45. The molecule has 0 aromatic heterocycles. The molecule has 0 heterocycles. The molecular weight excluding hydrogens is 480 g/mol. The monoisotopic (exact) mass is 534 g/mol. The van der Waals surface area contributed by atoms with E-state index in [2.05, 4.69) is 27.7 Å². The van der Waals surface area contributed by atoms with Crippen molar-refractivity contribution in [2.75, 3.05) is 0 Å². The molecule has 0 aromatic rings. The van der Waals surface area contributed by atoms with Gasteiger partial charge in [-0.15, -0.1) is 0 Å². The number of ketones is 2. The second-order valence-electron chi connectivity index (χ2n) is 12.9. The lowest BCUT2D eigenvalue weighted by molar-refractivity contribution is -0.273. The molecular formula is C32H54O6. The van der Waals surface area contributed by atoms with Crippen molar-refractivity contribution in [1.29, 1.82) is 0 Å². The summed E-state index contributed by atoms with van der Waals surface area (Å²) in [6.07, 6.45) is 15.4. The molecule has 0 unspecified atom stereocenters. The van der Waals surface area contributed by atoms with Crippen LogP contribution in [0.4, 0.5) is 0 Å². The Morgan fingerprint density at radius 2 is 0.868 bits per heavy atom. The van der Waals surface area contributed by atoms with Gasteiger partial charge in [-0.1, -0.05) is 105 Å². The Balaban J connectivity index is 1.98. The third-order valence-electron chi connectivity index (χ3n) is 8.83. The van der Waals surface area contributed by atoms with Gasteiger partial charge in [0.2, 0.25) is 0 Å². The van der Waals surface area contributed by atoms with Gasteiger partial charge in [-0.2, -0.15) is 0 Å². The Bertz CT molecular complexity index is 692. The van der Waals surface area contributed by atoms with Crippen molar-refractivity contribution >= 4 is 23.5 Å². The number of unbranched alkanes of at least 4 members (excludes halogenated alkanes) is 4. The molecule has 0 bridgehead atoms. The van der Waals surface area contributed by atoms with Gasteiger partial charge in [0, 0.05) is 12.8 Å². The molecule has 6 heteroatoms. The molecule has 38 heavy (non-hydrogen) atoms. The van der Waals surface area contributed by atoms with Gasteiger partial charge in [0.05, 0.1) is 0 Å². The van der Waals surface area contributed by atoms with Crippen LogP contribution in [0.25, 0.3) is 0 Å². The highest BCUT2D eigenvalue weighted by molar-refractivity contribution is 6.05. The zero-order chi connectivity index (χ0) is 28.0. The molecule has 0 N–H and O–H groups in total. The van der Waals surface area contributed by atoms with Crippen LogP contribution in [0.1, 0.15) is 156 Å². The lowest BCUT2D eigenvalue weighted by atomic mass is 9.70. The fourth-order valence-corrected chi connectivity index (χ4v) is 6.25. The largest absolute Gasteiger partial charge is 0.369 e. The van der Waals surface area contributed by atoms with E-state index in [0.29, 0.717) is 50.4 Å². The highest BCUT2D eigenvalue weighted by atomic mass is 17.2. The SMILES string of the molecule is CC(C)CCCCCC(=O)C1(C(=O)OOC(=O)C2(C(=O)CCCCCC(C)C)CCCCC2)CCCCC1. The first-order valence-electron chi connectivity index (χ1n) is 15.6. The number of carbonyl (C=O) groups is 4. The zero-order valence-electron chi connectivity index (χ0n) is 24.7. The smallest absolute Gasteiger partial charge is 0.298 e. The predicted molar refractivity (Wildman–Crippen MR) is 149 cm³/mol. The third-order valence-corrected chi connectivity index (χ3v) is 8.83. The summed E-state index contributed by atoms with van der Waals surface area (Å²) in [5.41, 5.74) is -2.45. The van der Waals surface area contributed by atoms with Crippen LogP contribution < -0.4 is 0 Å². The van der Waals surface area contributed by atoms with Crippen LogP contribution in [0.5, 0.6) is 0 Å². The molecule has 0 spiro atoms. The number of hydrogen-bond donors (Lipinski definition) is 0. The van der Waals surface area contributed by atoms with Gasteiger partial charge in [-0.05, 0) is 50.4 Å². The standard InChI is InChI=1S/C32H54O6/c1-25(2)17-9-5-11-19-27(33)31(21-13-7-14-22-31)29(35)37-38-30(36)32(23-15-8-16-24-32)28(34)20-12-6-10-18-26(3)4/h25-26H,5-24H2,1-4H3. The van der Waals surface area contributed by atoms with Crippen molar-refractivity contribution in [2.45, 2.75) is 156 Å².